The van der Waals surface area contributed by atoms with E-state index in [0.29, 0.717) is 4.47 Å². The SMILES string of the molecule is CC(C)NC(=O)C(C)NS(=O)(=O)c1ccc(Br)cc1Cl. The molecule has 0 aliphatic carbocycles. The molecule has 0 fully saturated rings. The third-order valence-electron chi connectivity index (χ3n) is 2.34. The van der Waals surface area contributed by atoms with Crippen molar-refractivity contribution in [2.45, 2.75) is 37.8 Å². The zero-order chi connectivity index (χ0) is 15.5. The molecule has 0 saturated heterocycles. The summed E-state index contributed by atoms with van der Waals surface area (Å²) in [5, 5.41) is 2.72. The Morgan fingerprint density at radius 1 is 1.30 bits per heavy atom. The third-order valence-corrected chi connectivity index (χ3v) is 4.86. The number of hydrogen-bond acceptors (Lipinski definition) is 3. The van der Waals surface area contributed by atoms with E-state index < -0.39 is 22.0 Å². The second-order valence-electron chi connectivity index (χ2n) is 4.58. The molecule has 20 heavy (non-hydrogen) atoms. The third kappa shape index (κ3) is 4.73. The standard InChI is InChI=1S/C12H16BrClN2O3S/c1-7(2)15-12(17)8(3)16-20(18,19)11-5-4-9(13)6-10(11)14/h4-8,16H,1-3H3,(H,15,17). The van der Waals surface area contributed by atoms with Crippen LogP contribution in [0.5, 0.6) is 0 Å². The molecule has 0 heterocycles. The molecule has 1 amide bonds. The van der Waals surface area contributed by atoms with Gasteiger partial charge >= 0.3 is 0 Å². The van der Waals surface area contributed by atoms with Gasteiger partial charge in [-0.1, -0.05) is 27.5 Å². The van der Waals surface area contributed by atoms with Crippen LogP contribution in [-0.2, 0) is 14.8 Å². The first-order chi connectivity index (χ1) is 9.13. The van der Waals surface area contributed by atoms with Crippen molar-refractivity contribution in [2.75, 3.05) is 0 Å². The highest BCUT2D eigenvalue weighted by Gasteiger charge is 2.24. The topological polar surface area (TPSA) is 75.3 Å². The number of nitrogens with one attached hydrogen (secondary N) is 2. The fourth-order valence-electron chi connectivity index (χ4n) is 1.45. The maximum Gasteiger partial charge on any atom is 0.242 e. The number of halogens is 2. The van der Waals surface area contributed by atoms with Gasteiger partial charge in [-0.05, 0) is 39.0 Å². The second kappa shape index (κ2) is 6.89. The van der Waals surface area contributed by atoms with E-state index in [4.69, 9.17) is 11.6 Å². The van der Waals surface area contributed by atoms with Gasteiger partial charge in [0.05, 0.1) is 11.1 Å². The van der Waals surface area contributed by atoms with E-state index in [1.54, 1.807) is 19.9 Å². The summed E-state index contributed by atoms with van der Waals surface area (Å²) in [6.45, 7) is 5.07. The van der Waals surface area contributed by atoms with Gasteiger partial charge in [-0.25, -0.2) is 8.42 Å². The maximum atomic E-state index is 12.2. The number of sulfonamides is 1. The van der Waals surface area contributed by atoms with Crippen molar-refractivity contribution in [3.63, 3.8) is 0 Å². The first-order valence-corrected chi connectivity index (χ1v) is 8.56. The Morgan fingerprint density at radius 3 is 2.40 bits per heavy atom. The van der Waals surface area contributed by atoms with Crippen LogP contribution in [0.25, 0.3) is 0 Å². The van der Waals surface area contributed by atoms with E-state index >= 15 is 0 Å². The minimum absolute atomic E-state index is 0.0634. The minimum atomic E-state index is -3.85. The summed E-state index contributed by atoms with van der Waals surface area (Å²) in [4.78, 5) is 11.7. The molecular weight excluding hydrogens is 368 g/mol. The molecule has 8 heteroatoms. The molecule has 0 aliphatic heterocycles. The van der Waals surface area contributed by atoms with Crippen LogP contribution in [0.4, 0.5) is 0 Å². The molecule has 0 aliphatic rings. The quantitative estimate of drug-likeness (QED) is 0.819. The molecule has 0 aromatic heterocycles. The molecule has 1 atom stereocenters. The Balaban J connectivity index is 2.92. The van der Waals surface area contributed by atoms with Crippen LogP contribution in [0.3, 0.4) is 0 Å². The van der Waals surface area contributed by atoms with Crippen LogP contribution < -0.4 is 10.0 Å². The van der Waals surface area contributed by atoms with Gasteiger partial charge in [0.25, 0.3) is 0 Å². The number of carbonyl (C=O) groups excluding carboxylic acids is 1. The smallest absolute Gasteiger partial charge is 0.242 e. The molecule has 1 rings (SSSR count). The monoisotopic (exact) mass is 382 g/mol. The van der Waals surface area contributed by atoms with Crippen molar-refractivity contribution in [1.82, 2.24) is 10.0 Å². The molecule has 0 saturated carbocycles. The maximum absolute atomic E-state index is 12.2. The van der Waals surface area contributed by atoms with Crippen LogP contribution in [0, 0.1) is 0 Å². The van der Waals surface area contributed by atoms with E-state index in [1.165, 1.54) is 19.1 Å². The predicted octanol–water partition coefficient (Wildman–Crippen LogP) is 2.29. The summed E-state index contributed by atoms with van der Waals surface area (Å²) in [6, 6.07) is 3.48. The highest BCUT2D eigenvalue weighted by molar-refractivity contribution is 9.10. The first-order valence-electron chi connectivity index (χ1n) is 5.91. The number of benzene rings is 1. The molecule has 112 valence electrons. The van der Waals surface area contributed by atoms with E-state index in [2.05, 4.69) is 26.0 Å². The lowest BCUT2D eigenvalue weighted by Gasteiger charge is -2.16. The van der Waals surface area contributed by atoms with Crippen LogP contribution in [0.2, 0.25) is 5.02 Å². The van der Waals surface area contributed by atoms with Crippen molar-refractivity contribution in [3.05, 3.63) is 27.7 Å². The van der Waals surface area contributed by atoms with E-state index in [-0.39, 0.29) is 16.0 Å². The lowest BCUT2D eigenvalue weighted by atomic mass is 10.3. The predicted molar refractivity (Wildman–Crippen MR) is 82.2 cm³/mol. The van der Waals surface area contributed by atoms with Gasteiger partial charge < -0.3 is 5.32 Å². The Labute approximate surface area is 132 Å². The Morgan fingerprint density at radius 2 is 1.90 bits per heavy atom. The van der Waals surface area contributed by atoms with Crippen molar-refractivity contribution in [1.29, 1.82) is 0 Å². The van der Waals surface area contributed by atoms with Gasteiger partial charge in [0.1, 0.15) is 4.90 Å². The highest BCUT2D eigenvalue weighted by Crippen LogP contribution is 2.25. The number of amides is 1. The largest absolute Gasteiger partial charge is 0.353 e. The average Bonchev–Trinajstić information content (AvgIpc) is 2.26. The minimum Gasteiger partial charge on any atom is -0.353 e. The molecule has 0 bridgehead atoms. The lowest BCUT2D eigenvalue weighted by molar-refractivity contribution is -0.122. The highest BCUT2D eigenvalue weighted by atomic mass is 79.9. The molecule has 0 spiro atoms. The van der Waals surface area contributed by atoms with Crippen LogP contribution in [-0.4, -0.2) is 26.4 Å². The Kier molecular flexibility index (Phi) is 6.00. The fourth-order valence-corrected chi connectivity index (χ4v) is 3.69. The summed E-state index contributed by atoms with van der Waals surface area (Å²) < 4.78 is 27.3. The second-order valence-corrected chi connectivity index (χ2v) is 7.59. The zero-order valence-electron chi connectivity index (χ0n) is 11.3. The normalized spacial score (nSPS) is 13.3. The van der Waals surface area contributed by atoms with E-state index in [1.807, 2.05) is 0 Å². The molecule has 5 nitrogen and oxygen atoms in total. The zero-order valence-corrected chi connectivity index (χ0v) is 14.4. The van der Waals surface area contributed by atoms with Gasteiger partial charge in [0.15, 0.2) is 0 Å². The summed E-state index contributed by atoms with van der Waals surface area (Å²) in [6.07, 6.45) is 0. The molecular formula is C12H16BrClN2O3S. The number of rotatable bonds is 5. The average molecular weight is 384 g/mol. The summed E-state index contributed by atoms with van der Waals surface area (Å²) in [7, 11) is -3.85. The van der Waals surface area contributed by atoms with Gasteiger partial charge in [0, 0.05) is 10.5 Å². The van der Waals surface area contributed by atoms with Crippen LogP contribution >= 0.6 is 27.5 Å². The van der Waals surface area contributed by atoms with Gasteiger partial charge in [-0.15, -0.1) is 0 Å². The van der Waals surface area contributed by atoms with Crippen LogP contribution in [0.1, 0.15) is 20.8 Å². The summed E-state index contributed by atoms with van der Waals surface area (Å²) in [5.41, 5.74) is 0. The number of carbonyl (C=O) groups is 1. The molecule has 1 aromatic carbocycles. The van der Waals surface area contributed by atoms with Gasteiger partial charge in [-0.2, -0.15) is 4.72 Å². The van der Waals surface area contributed by atoms with E-state index in [9.17, 15) is 13.2 Å². The van der Waals surface area contributed by atoms with Gasteiger partial charge in [-0.3, -0.25) is 4.79 Å². The van der Waals surface area contributed by atoms with Crippen molar-refractivity contribution < 1.29 is 13.2 Å². The molecule has 1 unspecified atom stereocenters. The summed E-state index contributed by atoms with van der Waals surface area (Å²) >= 11 is 9.11. The molecule has 0 radical (unpaired) electrons. The summed E-state index contributed by atoms with van der Waals surface area (Å²) in [5.74, 6) is -0.392. The van der Waals surface area contributed by atoms with Crippen LogP contribution in [0.15, 0.2) is 27.6 Å². The van der Waals surface area contributed by atoms with Gasteiger partial charge in [0.2, 0.25) is 15.9 Å². The van der Waals surface area contributed by atoms with Crippen molar-refractivity contribution >= 4 is 43.5 Å². The fraction of sp³-hybridized carbons (Fsp3) is 0.417. The molecule has 2 N–H and O–H groups in total. The Hall–Kier alpha value is -0.630. The van der Waals surface area contributed by atoms with Crippen molar-refractivity contribution in [3.8, 4) is 0 Å². The number of hydrogen-bond donors (Lipinski definition) is 2. The lowest BCUT2D eigenvalue weighted by Crippen LogP contribution is -2.46. The first kappa shape index (κ1) is 17.4. The van der Waals surface area contributed by atoms with E-state index in [0.717, 1.165) is 0 Å². The molecule has 1 aromatic rings. The Bertz CT molecular complexity index is 605. The van der Waals surface area contributed by atoms with Crippen molar-refractivity contribution in [2.24, 2.45) is 0 Å².